The predicted octanol–water partition coefficient (Wildman–Crippen LogP) is 2.46. The van der Waals surface area contributed by atoms with Crippen LogP contribution in [0.1, 0.15) is 30.9 Å². The minimum absolute atomic E-state index is 0.0780. The van der Waals surface area contributed by atoms with Gasteiger partial charge < -0.3 is 10.2 Å². The van der Waals surface area contributed by atoms with E-state index < -0.39 is 0 Å². The van der Waals surface area contributed by atoms with Gasteiger partial charge in [0, 0.05) is 31.2 Å². The molecule has 0 radical (unpaired) electrons. The van der Waals surface area contributed by atoms with E-state index in [2.05, 4.69) is 36.1 Å². The fourth-order valence-corrected chi connectivity index (χ4v) is 3.08. The Morgan fingerprint density at radius 2 is 2.19 bits per heavy atom. The second kappa shape index (κ2) is 7.87. The number of halogens is 1. The second-order valence-corrected chi connectivity index (χ2v) is 6.23. The highest BCUT2D eigenvalue weighted by Crippen LogP contribution is 2.22. The molecule has 2 rings (SSSR count). The van der Waals surface area contributed by atoms with Crippen LogP contribution >= 0.6 is 0 Å². The van der Waals surface area contributed by atoms with Crippen LogP contribution < -0.4 is 5.32 Å². The molecule has 1 aromatic rings. The van der Waals surface area contributed by atoms with E-state index in [9.17, 15) is 4.39 Å². The Kier molecular flexibility index (Phi) is 6.15. The molecule has 0 bridgehead atoms. The first-order valence-corrected chi connectivity index (χ1v) is 7.97. The number of hydrogen-bond acceptors (Lipinski definition) is 3. The van der Waals surface area contributed by atoms with Gasteiger partial charge in [-0.2, -0.15) is 0 Å². The minimum Gasteiger partial charge on any atom is -0.313 e. The van der Waals surface area contributed by atoms with E-state index in [1.807, 2.05) is 12.1 Å². The zero-order valence-electron chi connectivity index (χ0n) is 13.5. The Balaban J connectivity index is 2.03. The third kappa shape index (κ3) is 4.77. The summed E-state index contributed by atoms with van der Waals surface area (Å²) in [6, 6.07) is 6.06. The van der Waals surface area contributed by atoms with E-state index in [4.69, 9.17) is 0 Å². The molecule has 0 saturated carbocycles. The van der Waals surface area contributed by atoms with Gasteiger partial charge in [-0.05, 0) is 51.7 Å². The maximum Gasteiger partial charge on any atom is 0.127 e. The molecule has 0 aromatic heterocycles. The van der Waals surface area contributed by atoms with Crippen molar-refractivity contribution in [3.63, 3.8) is 0 Å². The molecular formula is C17H28FN3. The fourth-order valence-electron chi connectivity index (χ4n) is 3.08. The number of likely N-dealkylation sites (N-methyl/N-ethyl adjacent to an activating group) is 1. The molecule has 1 unspecified atom stereocenters. The Morgan fingerprint density at radius 3 is 2.90 bits per heavy atom. The molecule has 21 heavy (non-hydrogen) atoms. The lowest BCUT2D eigenvalue weighted by Gasteiger charge is -2.27. The van der Waals surface area contributed by atoms with Gasteiger partial charge in [-0.15, -0.1) is 0 Å². The maximum absolute atomic E-state index is 14.1. The van der Waals surface area contributed by atoms with Crippen LogP contribution in [0.5, 0.6) is 0 Å². The van der Waals surface area contributed by atoms with Crippen LogP contribution in [0.25, 0.3) is 0 Å². The minimum atomic E-state index is -0.0780. The van der Waals surface area contributed by atoms with Gasteiger partial charge in [-0.25, -0.2) is 4.39 Å². The average molecular weight is 293 g/mol. The van der Waals surface area contributed by atoms with Crippen LogP contribution in [0.2, 0.25) is 0 Å². The summed E-state index contributed by atoms with van der Waals surface area (Å²) in [4.78, 5) is 4.65. The SMILES string of the molecule is CCNCc1ccc(F)c(CN2CCCC2CN(C)C)c1. The van der Waals surface area contributed by atoms with Crippen molar-refractivity contribution < 1.29 is 4.39 Å². The third-order valence-corrected chi connectivity index (χ3v) is 4.14. The van der Waals surface area contributed by atoms with Crippen molar-refractivity contribution in [1.82, 2.24) is 15.1 Å². The van der Waals surface area contributed by atoms with E-state index >= 15 is 0 Å². The average Bonchev–Trinajstić information content (AvgIpc) is 2.86. The summed E-state index contributed by atoms with van der Waals surface area (Å²) in [5.74, 6) is -0.0780. The standard InChI is InChI=1S/C17H28FN3/c1-4-19-11-14-7-8-17(18)15(10-14)12-21-9-5-6-16(21)13-20(2)3/h7-8,10,16,19H,4-6,9,11-13H2,1-3H3. The Labute approximate surface area is 128 Å². The molecule has 1 atom stereocenters. The molecule has 1 N–H and O–H groups in total. The molecule has 1 aromatic carbocycles. The van der Waals surface area contributed by atoms with Crippen LogP contribution in [-0.2, 0) is 13.1 Å². The normalized spacial score (nSPS) is 19.6. The summed E-state index contributed by atoms with van der Waals surface area (Å²) in [6.07, 6.45) is 2.44. The lowest BCUT2D eigenvalue weighted by Crippen LogP contribution is -2.37. The van der Waals surface area contributed by atoms with Gasteiger partial charge in [-0.1, -0.05) is 19.1 Å². The molecule has 1 aliphatic heterocycles. The Hall–Kier alpha value is -0.970. The van der Waals surface area contributed by atoms with E-state index in [0.29, 0.717) is 6.04 Å². The van der Waals surface area contributed by atoms with E-state index in [0.717, 1.165) is 43.9 Å². The summed E-state index contributed by atoms with van der Waals surface area (Å²) in [7, 11) is 4.21. The number of benzene rings is 1. The molecule has 1 heterocycles. The van der Waals surface area contributed by atoms with Crippen molar-refractivity contribution in [2.24, 2.45) is 0 Å². The Morgan fingerprint density at radius 1 is 1.38 bits per heavy atom. The van der Waals surface area contributed by atoms with Gasteiger partial charge in [0.15, 0.2) is 0 Å². The van der Waals surface area contributed by atoms with Gasteiger partial charge >= 0.3 is 0 Å². The lowest BCUT2D eigenvalue weighted by molar-refractivity contribution is 0.199. The Bertz CT molecular complexity index is 448. The van der Waals surface area contributed by atoms with Crippen molar-refractivity contribution in [1.29, 1.82) is 0 Å². The van der Waals surface area contributed by atoms with E-state index in [1.165, 1.54) is 12.8 Å². The summed E-state index contributed by atoms with van der Waals surface area (Å²) < 4.78 is 14.1. The first-order chi connectivity index (χ1) is 10.1. The molecule has 1 saturated heterocycles. The van der Waals surface area contributed by atoms with Gasteiger partial charge in [0.2, 0.25) is 0 Å². The highest BCUT2D eigenvalue weighted by atomic mass is 19.1. The zero-order chi connectivity index (χ0) is 15.2. The number of hydrogen-bond donors (Lipinski definition) is 1. The summed E-state index contributed by atoms with van der Waals surface area (Å²) in [6.45, 7) is 6.69. The largest absolute Gasteiger partial charge is 0.313 e. The molecule has 0 amide bonds. The van der Waals surface area contributed by atoms with Crippen molar-refractivity contribution in [3.05, 3.63) is 35.1 Å². The number of nitrogens with zero attached hydrogens (tertiary/aromatic N) is 2. The molecule has 0 aliphatic carbocycles. The smallest absolute Gasteiger partial charge is 0.127 e. The molecule has 0 spiro atoms. The first-order valence-electron chi connectivity index (χ1n) is 7.97. The first kappa shape index (κ1) is 16.4. The van der Waals surface area contributed by atoms with Gasteiger partial charge in [-0.3, -0.25) is 4.90 Å². The van der Waals surface area contributed by atoms with Crippen LogP contribution in [0.15, 0.2) is 18.2 Å². The molecular weight excluding hydrogens is 265 g/mol. The van der Waals surface area contributed by atoms with Crippen LogP contribution in [0.4, 0.5) is 4.39 Å². The molecule has 1 aliphatic rings. The summed E-state index contributed by atoms with van der Waals surface area (Å²) >= 11 is 0. The van der Waals surface area contributed by atoms with Gasteiger partial charge in [0.1, 0.15) is 5.82 Å². The van der Waals surface area contributed by atoms with Gasteiger partial charge in [0.25, 0.3) is 0 Å². The molecule has 3 nitrogen and oxygen atoms in total. The monoisotopic (exact) mass is 293 g/mol. The van der Waals surface area contributed by atoms with Crippen molar-refractivity contribution in [2.75, 3.05) is 33.7 Å². The molecule has 118 valence electrons. The topological polar surface area (TPSA) is 18.5 Å². The number of likely N-dealkylation sites (tertiary alicyclic amines) is 1. The number of rotatable bonds is 7. The van der Waals surface area contributed by atoms with Crippen LogP contribution in [-0.4, -0.2) is 49.6 Å². The van der Waals surface area contributed by atoms with Gasteiger partial charge in [0.05, 0.1) is 0 Å². The third-order valence-electron chi connectivity index (χ3n) is 4.14. The van der Waals surface area contributed by atoms with Crippen molar-refractivity contribution in [2.45, 2.75) is 38.9 Å². The molecule has 1 fully saturated rings. The van der Waals surface area contributed by atoms with Crippen molar-refractivity contribution >= 4 is 0 Å². The molecule has 4 heteroatoms. The summed E-state index contributed by atoms with van der Waals surface area (Å²) in [5, 5.41) is 3.30. The predicted molar refractivity (Wildman–Crippen MR) is 85.8 cm³/mol. The number of nitrogens with one attached hydrogen (secondary N) is 1. The second-order valence-electron chi connectivity index (χ2n) is 6.23. The lowest BCUT2D eigenvalue weighted by atomic mass is 10.1. The highest BCUT2D eigenvalue weighted by molar-refractivity contribution is 5.25. The quantitative estimate of drug-likeness (QED) is 0.833. The maximum atomic E-state index is 14.1. The zero-order valence-corrected chi connectivity index (χ0v) is 13.5. The fraction of sp³-hybridized carbons (Fsp3) is 0.647. The van der Waals surface area contributed by atoms with E-state index in [-0.39, 0.29) is 5.82 Å². The summed E-state index contributed by atoms with van der Waals surface area (Å²) in [5.41, 5.74) is 1.99. The van der Waals surface area contributed by atoms with E-state index in [1.54, 1.807) is 6.07 Å². The van der Waals surface area contributed by atoms with Crippen LogP contribution in [0.3, 0.4) is 0 Å². The van der Waals surface area contributed by atoms with Crippen molar-refractivity contribution in [3.8, 4) is 0 Å². The highest BCUT2D eigenvalue weighted by Gasteiger charge is 2.25. The van der Waals surface area contributed by atoms with Crippen LogP contribution in [0, 0.1) is 5.82 Å².